The van der Waals surface area contributed by atoms with E-state index >= 15 is 0 Å². The van der Waals surface area contributed by atoms with Gasteiger partial charge in [-0.2, -0.15) is 0 Å². The second-order valence-electron chi connectivity index (χ2n) is 4.40. The third-order valence-electron chi connectivity index (χ3n) is 3.31. The minimum Gasteiger partial charge on any atom is -0.328 e. The Balaban J connectivity index is 2.02. The van der Waals surface area contributed by atoms with Gasteiger partial charge in [-0.25, -0.2) is 0 Å². The van der Waals surface area contributed by atoms with Crippen LogP contribution in [-0.2, 0) is 6.42 Å². The van der Waals surface area contributed by atoms with Gasteiger partial charge in [0.2, 0.25) is 0 Å². The van der Waals surface area contributed by atoms with Gasteiger partial charge in [0, 0.05) is 24.9 Å². The maximum Gasteiger partial charge on any atom is 0.136 e. The molecule has 4 nitrogen and oxygen atoms in total. The van der Waals surface area contributed by atoms with Crippen molar-refractivity contribution in [3.05, 3.63) is 11.6 Å². The molecule has 2 N–H and O–H groups in total. The molecule has 1 aliphatic heterocycles. The van der Waals surface area contributed by atoms with Crippen molar-refractivity contribution in [2.75, 3.05) is 6.54 Å². The molecular weight excluding hydrogens is 176 g/mol. The minimum atomic E-state index is 0.462. The Bertz CT molecular complexity index is 340. The van der Waals surface area contributed by atoms with Crippen molar-refractivity contribution in [1.82, 2.24) is 14.8 Å². The summed E-state index contributed by atoms with van der Waals surface area (Å²) in [4.78, 5) is 0. The second kappa shape index (κ2) is 3.05. The summed E-state index contributed by atoms with van der Waals surface area (Å²) in [5.41, 5.74) is 5.79. The molecule has 1 fully saturated rings. The summed E-state index contributed by atoms with van der Waals surface area (Å²) in [5.74, 6) is 3.05. The first-order valence-electron chi connectivity index (χ1n) is 5.54. The molecule has 1 atom stereocenters. The third-order valence-corrected chi connectivity index (χ3v) is 3.31. The summed E-state index contributed by atoms with van der Waals surface area (Å²) < 4.78 is 2.32. The zero-order valence-corrected chi connectivity index (χ0v) is 8.32. The van der Waals surface area contributed by atoms with Crippen LogP contribution in [0, 0.1) is 0 Å². The highest BCUT2D eigenvalue weighted by atomic mass is 15.3. The Morgan fingerprint density at radius 3 is 2.86 bits per heavy atom. The van der Waals surface area contributed by atoms with E-state index in [1.54, 1.807) is 0 Å². The molecule has 1 aromatic rings. The molecule has 0 spiro atoms. The lowest BCUT2D eigenvalue weighted by molar-refractivity contribution is 0.393. The average molecular weight is 192 g/mol. The first-order valence-corrected chi connectivity index (χ1v) is 5.54. The zero-order chi connectivity index (χ0) is 9.54. The van der Waals surface area contributed by atoms with Gasteiger partial charge in [0.15, 0.2) is 0 Å². The van der Waals surface area contributed by atoms with Crippen molar-refractivity contribution in [1.29, 1.82) is 0 Å². The van der Waals surface area contributed by atoms with Crippen LogP contribution in [0.4, 0.5) is 0 Å². The quantitative estimate of drug-likeness (QED) is 0.760. The van der Waals surface area contributed by atoms with Crippen LogP contribution >= 0.6 is 0 Å². The Hall–Kier alpha value is -0.900. The Labute approximate surface area is 83.5 Å². The molecule has 2 heterocycles. The summed E-state index contributed by atoms with van der Waals surface area (Å²) in [5, 5.41) is 8.59. The van der Waals surface area contributed by atoms with Gasteiger partial charge in [0.1, 0.15) is 11.6 Å². The molecular formula is C10H16N4. The summed E-state index contributed by atoms with van der Waals surface area (Å²) >= 11 is 0. The molecule has 2 aliphatic rings. The number of aromatic nitrogens is 3. The molecule has 1 aliphatic carbocycles. The molecule has 0 saturated heterocycles. The first-order chi connectivity index (χ1) is 6.90. The van der Waals surface area contributed by atoms with Gasteiger partial charge in [-0.15, -0.1) is 10.2 Å². The van der Waals surface area contributed by atoms with Gasteiger partial charge in [-0.3, -0.25) is 0 Å². The lowest BCUT2D eigenvalue weighted by atomic mass is 10.0. The van der Waals surface area contributed by atoms with Crippen LogP contribution in [0.5, 0.6) is 0 Å². The molecule has 76 valence electrons. The maximum absolute atomic E-state index is 5.79. The van der Waals surface area contributed by atoms with Crippen molar-refractivity contribution in [2.24, 2.45) is 5.73 Å². The van der Waals surface area contributed by atoms with Gasteiger partial charge >= 0.3 is 0 Å². The smallest absolute Gasteiger partial charge is 0.136 e. The van der Waals surface area contributed by atoms with Gasteiger partial charge < -0.3 is 10.3 Å². The van der Waals surface area contributed by atoms with E-state index < -0.39 is 0 Å². The number of aryl methyl sites for hydroxylation is 1. The van der Waals surface area contributed by atoms with Crippen LogP contribution in [0.1, 0.15) is 49.3 Å². The molecule has 1 saturated carbocycles. The number of hydrogen-bond acceptors (Lipinski definition) is 3. The highest BCUT2D eigenvalue weighted by Gasteiger charge is 2.33. The standard InChI is InChI=1S/C10H16N4/c11-6-8-2-1-3-9-12-13-10(14(8)9)7-4-5-7/h7-8H,1-6,11H2. The fraction of sp³-hybridized carbons (Fsp3) is 0.800. The highest BCUT2D eigenvalue weighted by Crippen LogP contribution is 2.41. The number of rotatable bonds is 2. The van der Waals surface area contributed by atoms with Crippen LogP contribution in [0.15, 0.2) is 0 Å². The lowest BCUT2D eigenvalue weighted by Crippen LogP contribution is -2.26. The molecule has 0 aromatic carbocycles. The first kappa shape index (κ1) is 8.41. The molecule has 3 rings (SSSR count). The predicted octanol–water partition coefficient (Wildman–Crippen LogP) is 0.992. The molecule has 0 radical (unpaired) electrons. The Morgan fingerprint density at radius 1 is 1.29 bits per heavy atom. The van der Waals surface area contributed by atoms with Crippen molar-refractivity contribution < 1.29 is 0 Å². The van der Waals surface area contributed by atoms with Crippen LogP contribution < -0.4 is 5.73 Å². The van der Waals surface area contributed by atoms with E-state index in [1.807, 2.05) is 0 Å². The van der Waals surface area contributed by atoms with E-state index in [9.17, 15) is 0 Å². The van der Waals surface area contributed by atoms with Gasteiger partial charge in [0.05, 0.1) is 0 Å². The van der Waals surface area contributed by atoms with E-state index in [4.69, 9.17) is 5.73 Å². The number of hydrogen-bond donors (Lipinski definition) is 1. The predicted molar refractivity (Wildman–Crippen MR) is 53.0 cm³/mol. The SMILES string of the molecule is NCC1CCCc2nnc(C3CC3)n21. The van der Waals surface area contributed by atoms with Crippen LogP contribution in [-0.4, -0.2) is 21.3 Å². The number of fused-ring (bicyclic) bond motifs is 1. The summed E-state index contributed by atoms with van der Waals surface area (Å²) in [6.07, 6.45) is 6.06. The Morgan fingerprint density at radius 2 is 2.14 bits per heavy atom. The minimum absolute atomic E-state index is 0.462. The van der Waals surface area contributed by atoms with Crippen molar-refractivity contribution in [3.63, 3.8) is 0 Å². The van der Waals surface area contributed by atoms with Crippen LogP contribution in [0.3, 0.4) is 0 Å². The Kier molecular flexibility index (Phi) is 1.83. The lowest BCUT2D eigenvalue weighted by Gasteiger charge is -2.24. The van der Waals surface area contributed by atoms with Gasteiger partial charge in [-0.05, 0) is 25.7 Å². The number of nitrogens with zero attached hydrogens (tertiary/aromatic N) is 3. The molecule has 1 unspecified atom stereocenters. The normalized spacial score (nSPS) is 26.2. The molecule has 0 bridgehead atoms. The fourth-order valence-corrected chi connectivity index (χ4v) is 2.37. The average Bonchev–Trinajstić information content (AvgIpc) is 2.97. The fourth-order valence-electron chi connectivity index (χ4n) is 2.37. The molecule has 0 amide bonds. The monoisotopic (exact) mass is 192 g/mol. The maximum atomic E-state index is 5.79. The van der Waals surface area contributed by atoms with Crippen molar-refractivity contribution in [3.8, 4) is 0 Å². The topological polar surface area (TPSA) is 56.7 Å². The largest absolute Gasteiger partial charge is 0.328 e. The third kappa shape index (κ3) is 1.17. The van der Waals surface area contributed by atoms with E-state index in [2.05, 4.69) is 14.8 Å². The highest BCUT2D eigenvalue weighted by molar-refractivity contribution is 5.11. The molecule has 14 heavy (non-hydrogen) atoms. The van der Waals surface area contributed by atoms with Crippen molar-refractivity contribution >= 4 is 0 Å². The summed E-state index contributed by atoms with van der Waals surface area (Å²) in [6, 6.07) is 0.462. The summed E-state index contributed by atoms with van der Waals surface area (Å²) in [7, 11) is 0. The van der Waals surface area contributed by atoms with E-state index in [0.29, 0.717) is 12.0 Å². The zero-order valence-electron chi connectivity index (χ0n) is 8.32. The van der Waals surface area contributed by atoms with Crippen LogP contribution in [0.2, 0.25) is 0 Å². The molecule has 1 aromatic heterocycles. The summed E-state index contributed by atoms with van der Waals surface area (Å²) in [6.45, 7) is 0.727. The second-order valence-corrected chi connectivity index (χ2v) is 4.40. The molecule has 4 heteroatoms. The van der Waals surface area contributed by atoms with Crippen LogP contribution in [0.25, 0.3) is 0 Å². The van der Waals surface area contributed by atoms with Gasteiger partial charge in [-0.1, -0.05) is 0 Å². The van der Waals surface area contributed by atoms with Crippen molar-refractivity contribution in [2.45, 2.75) is 44.1 Å². The number of nitrogens with two attached hydrogens (primary N) is 1. The van der Waals surface area contributed by atoms with E-state index in [0.717, 1.165) is 18.8 Å². The van der Waals surface area contributed by atoms with E-state index in [1.165, 1.54) is 31.5 Å². The van der Waals surface area contributed by atoms with E-state index in [-0.39, 0.29) is 0 Å². The van der Waals surface area contributed by atoms with Gasteiger partial charge in [0.25, 0.3) is 0 Å².